The second kappa shape index (κ2) is 8.57. The fourth-order valence-electron chi connectivity index (χ4n) is 1.59. The summed E-state index contributed by atoms with van der Waals surface area (Å²) in [5, 5.41) is 3.14. The molecule has 0 amide bonds. The summed E-state index contributed by atoms with van der Waals surface area (Å²) in [6.45, 7) is 4.60. The summed E-state index contributed by atoms with van der Waals surface area (Å²) >= 11 is 0. The van der Waals surface area contributed by atoms with Crippen LogP contribution in [-0.4, -0.2) is 19.1 Å². The Morgan fingerprint density at radius 1 is 1.50 bits per heavy atom. The fraction of sp³-hybridized carbons (Fsp3) is 0.357. The van der Waals surface area contributed by atoms with E-state index < -0.39 is 0 Å². The van der Waals surface area contributed by atoms with Gasteiger partial charge in [-0.1, -0.05) is 24.1 Å². The minimum atomic E-state index is -0.294. The summed E-state index contributed by atoms with van der Waals surface area (Å²) in [4.78, 5) is 11.8. The van der Waals surface area contributed by atoms with Gasteiger partial charge in [-0.2, -0.15) is 0 Å². The molecule has 0 aliphatic carbocycles. The molecule has 18 heavy (non-hydrogen) atoms. The summed E-state index contributed by atoms with van der Waals surface area (Å²) < 4.78 is 5.02. The molecule has 1 rings (SSSR count). The molecule has 0 aliphatic rings. The van der Waals surface area contributed by atoms with Crippen LogP contribution in [0.5, 0.6) is 0 Å². The van der Waals surface area contributed by atoms with E-state index in [0.29, 0.717) is 18.7 Å². The minimum Gasteiger partial charge on any atom is -0.462 e. The van der Waals surface area contributed by atoms with E-state index in [0.717, 1.165) is 5.56 Å². The lowest BCUT2D eigenvalue weighted by atomic mass is 10.0. The summed E-state index contributed by atoms with van der Waals surface area (Å²) in [7, 11) is 0. The Morgan fingerprint density at radius 2 is 2.17 bits per heavy atom. The number of benzene rings is 1. The number of esters is 1. The number of rotatable bonds is 5. The number of hydrogen-bond donors (Lipinski definition) is 1. The van der Waals surface area contributed by atoms with Crippen molar-refractivity contribution in [1.29, 1.82) is 0 Å². The number of hydrogen-bond acceptors (Lipinski definition) is 3. The maximum Gasteiger partial charge on any atom is 0.338 e. The number of halogens is 1. The van der Waals surface area contributed by atoms with Crippen molar-refractivity contribution in [2.45, 2.75) is 19.9 Å². The predicted molar refractivity (Wildman–Crippen MR) is 74.9 cm³/mol. The number of nitrogens with one attached hydrogen (secondary N) is 1. The molecule has 0 spiro atoms. The standard InChI is InChI=1S/C14H17NO2.ClH/c1-4-10-15-11(3)12-8-6-7-9-13(12)14(16)17-5-2;/h1,6-9,11,15H,5,10H2,2-3H3;1H. The van der Waals surface area contributed by atoms with Crippen molar-refractivity contribution in [3.63, 3.8) is 0 Å². The zero-order chi connectivity index (χ0) is 12.7. The van der Waals surface area contributed by atoms with Crippen LogP contribution >= 0.6 is 12.4 Å². The van der Waals surface area contributed by atoms with Gasteiger partial charge in [0.05, 0.1) is 18.7 Å². The Labute approximate surface area is 114 Å². The largest absolute Gasteiger partial charge is 0.462 e. The van der Waals surface area contributed by atoms with Crippen LogP contribution in [0.1, 0.15) is 35.8 Å². The van der Waals surface area contributed by atoms with Gasteiger partial charge in [0.2, 0.25) is 0 Å². The molecular weight excluding hydrogens is 250 g/mol. The predicted octanol–water partition coefficient (Wildman–Crippen LogP) is 2.57. The average molecular weight is 268 g/mol. The zero-order valence-corrected chi connectivity index (χ0v) is 11.4. The van der Waals surface area contributed by atoms with Gasteiger partial charge in [-0.05, 0) is 25.5 Å². The third-order valence-corrected chi connectivity index (χ3v) is 2.43. The molecule has 0 heterocycles. The Balaban J connectivity index is 0.00000289. The molecule has 3 nitrogen and oxygen atoms in total. The van der Waals surface area contributed by atoms with Gasteiger partial charge in [0.25, 0.3) is 0 Å². The van der Waals surface area contributed by atoms with E-state index >= 15 is 0 Å². The summed E-state index contributed by atoms with van der Waals surface area (Å²) in [5.74, 6) is 2.22. The van der Waals surface area contributed by atoms with Crippen molar-refractivity contribution >= 4 is 18.4 Å². The highest BCUT2D eigenvalue weighted by molar-refractivity contribution is 5.91. The van der Waals surface area contributed by atoms with E-state index in [1.54, 1.807) is 13.0 Å². The monoisotopic (exact) mass is 267 g/mol. The zero-order valence-electron chi connectivity index (χ0n) is 10.6. The van der Waals surface area contributed by atoms with Crippen LogP contribution in [0.4, 0.5) is 0 Å². The van der Waals surface area contributed by atoms with Crippen molar-refractivity contribution in [2.75, 3.05) is 13.2 Å². The fourth-order valence-corrected chi connectivity index (χ4v) is 1.59. The maximum atomic E-state index is 11.8. The van der Waals surface area contributed by atoms with Crippen LogP contribution in [0.15, 0.2) is 24.3 Å². The maximum absolute atomic E-state index is 11.8. The molecule has 0 aliphatic heterocycles. The molecule has 0 aromatic heterocycles. The van der Waals surface area contributed by atoms with Gasteiger partial charge in [0, 0.05) is 6.04 Å². The minimum absolute atomic E-state index is 0. The lowest BCUT2D eigenvalue weighted by molar-refractivity contribution is 0.0524. The topological polar surface area (TPSA) is 38.3 Å². The third-order valence-electron chi connectivity index (χ3n) is 2.43. The molecule has 0 bridgehead atoms. The van der Waals surface area contributed by atoms with E-state index in [4.69, 9.17) is 11.2 Å². The highest BCUT2D eigenvalue weighted by Crippen LogP contribution is 2.18. The summed E-state index contributed by atoms with van der Waals surface area (Å²) in [6.07, 6.45) is 5.20. The SMILES string of the molecule is C#CCNC(C)c1ccccc1C(=O)OCC.Cl. The molecule has 1 aromatic carbocycles. The van der Waals surface area contributed by atoms with E-state index in [-0.39, 0.29) is 24.4 Å². The number of carbonyl (C=O) groups is 1. The third kappa shape index (κ3) is 4.40. The second-order valence-electron chi connectivity index (χ2n) is 3.61. The highest BCUT2D eigenvalue weighted by Gasteiger charge is 2.15. The van der Waals surface area contributed by atoms with Crippen LogP contribution in [0.25, 0.3) is 0 Å². The van der Waals surface area contributed by atoms with E-state index in [1.807, 2.05) is 25.1 Å². The molecule has 1 unspecified atom stereocenters. The van der Waals surface area contributed by atoms with Crippen molar-refractivity contribution in [2.24, 2.45) is 0 Å². The van der Waals surface area contributed by atoms with Gasteiger partial charge in [-0.25, -0.2) is 4.79 Å². The summed E-state index contributed by atoms with van der Waals surface area (Å²) in [5.41, 5.74) is 1.49. The Kier molecular flexibility index (Phi) is 7.86. The van der Waals surface area contributed by atoms with Crippen LogP contribution < -0.4 is 5.32 Å². The normalized spacial score (nSPS) is 10.9. The quantitative estimate of drug-likeness (QED) is 0.658. The Morgan fingerprint density at radius 3 is 2.78 bits per heavy atom. The van der Waals surface area contributed by atoms with Crippen LogP contribution in [0.3, 0.4) is 0 Å². The molecule has 0 fully saturated rings. The van der Waals surface area contributed by atoms with Crippen LogP contribution in [0, 0.1) is 12.3 Å². The van der Waals surface area contributed by atoms with Crippen molar-refractivity contribution in [3.05, 3.63) is 35.4 Å². The van der Waals surface area contributed by atoms with Crippen molar-refractivity contribution in [1.82, 2.24) is 5.32 Å². The van der Waals surface area contributed by atoms with Gasteiger partial charge in [-0.3, -0.25) is 5.32 Å². The molecule has 1 aromatic rings. The molecule has 0 radical (unpaired) electrons. The van der Waals surface area contributed by atoms with Crippen LogP contribution in [-0.2, 0) is 4.74 Å². The number of ether oxygens (including phenoxy) is 1. The average Bonchev–Trinajstić information content (AvgIpc) is 2.36. The summed E-state index contributed by atoms with van der Waals surface area (Å²) in [6, 6.07) is 7.41. The van der Waals surface area contributed by atoms with Gasteiger partial charge in [0.15, 0.2) is 0 Å². The molecule has 98 valence electrons. The number of terminal acetylenes is 1. The van der Waals surface area contributed by atoms with Gasteiger partial charge in [-0.15, -0.1) is 18.8 Å². The molecule has 1 atom stereocenters. The first-order chi connectivity index (χ1) is 8.20. The van der Waals surface area contributed by atoms with Gasteiger partial charge in [0.1, 0.15) is 0 Å². The molecule has 0 saturated heterocycles. The molecule has 4 heteroatoms. The second-order valence-corrected chi connectivity index (χ2v) is 3.61. The highest BCUT2D eigenvalue weighted by atomic mass is 35.5. The molecular formula is C14H18ClNO2. The Hall–Kier alpha value is -1.50. The number of carbonyl (C=O) groups excluding carboxylic acids is 1. The van der Waals surface area contributed by atoms with Gasteiger partial charge >= 0.3 is 5.97 Å². The van der Waals surface area contributed by atoms with Crippen molar-refractivity contribution in [3.8, 4) is 12.3 Å². The van der Waals surface area contributed by atoms with E-state index in [2.05, 4.69) is 11.2 Å². The smallest absolute Gasteiger partial charge is 0.338 e. The van der Waals surface area contributed by atoms with Crippen LogP contribution in [0.2, 0.25) is 0 Å². The lowest BCUT2D eigenvalue weighted by Gasteiger charge is -2.15. The Bertz CT molecular complexity index is 426. The van der Waals surface area contributed by atoms with Gasteiger partial charge < -0.3 is 4.74 Å². The molecule has 0 saturated carbocycles. The van der Waals surface area contributed by atoms with E-state index in [1.165, 1.54) is 0 Å². The van der Waals surface area contributed by atoms with E-state index in [9.17, 15) is 4.79 Å². The van der Waals surface area contributed by atoms with Crippen molar-refractivity contribution < 1.29 is 9.53 Å². The first kappa shape index (κ1) is 16.5. The molecule has 1 N–H and O–H groups in total. The first-order valence-corrected chi connectivity index (χ1v) is 5.63. The first-order valence-electron chi connectivity index (χ1n) is 5.63. The lowest BCUT2D eigenvalue weighted by Crippen LogP contribution is -2.21.